The third kappa shape index (κ3) is 3.00. The Balaban J connectivity index is 2.60. The largest absolute Gasteiger partial charge is 0.396 e. The van der Waals surface area contributed by atoms with Crippen LogP contribution in [-0.2, 0) is 0 Å². The molecule has 0 bridgehead atoms. The van der Waals surface area contributed by atoms with Crippen LogP contribution in [0.2, 0.25) is 0 Å². The van der Waals surface area contributed by atoms with E-state index in [1.807, 2.05) is 32.9 Å². The predicted molar refractivity (Wildman–Crippen MR) is 58.3 cm³/mol. The quantitative estimate of drug-likeness (QED) is 0.768. The molecule has 0 aromatic carbocycles. The van der Waals surface area contributed by atoms with Gasteiger partial charge in [-0.2, -0.15) is 0 Å². The summed E-state index contributed by atoms with van der Waals surface area (Å²) in [6.07, 6.45) is 1.79. The summed E-state index contributed by atoms with van der Waals surface area (Å²) in [6.45, 7) is 6.28. The number of rotatable bonds is 4. The molecule has 1 rings (SSSR count). The Morgan fingerprint density at radius 3 is 2.79 bits per heavy atom. The molecule has 0 aliphatic rings. The van der Waals surface area contributed by atoms with Crippen molar-refractivity contribution >= 4 is 5.82 Å². The number of nitrogens with one attached hydrogen (secondary N) is 1. The first kappa shape index (κ1) is 11.0. The van der Waals surface area contributed by atoms with Crippen molar-refractivity contribution in [3.63, 3.8) is 0 Å². The van der Waals surface area contributed by atoms with Crippen molar-refractivity contribution in [1.82, 2.24) is 4.98 Å². The van der Waals surface area contributed by atoms with Gasteiger partial charge < -0.3 is 10.4 Å². The lowest BCUT2D eigenvalue weighted by molar-refractivity contribution is 0.226. The number of aliphatic hydroxyl groups excluding tert-OH is 1. The molecule has 0 saturated carbocycles. The summed E-state index contributed by atoms with van der Waals surface area (Å²) in [6, 6.07) is 4.20. The van der Waals surface area contributed by atoms with Gasteiger partial charge in [-0.3, -0.25) is 0 Å². The summed E-state index contributed by atoms with van der Waals surface area (Å²) in [7, 11) is 0. The SMILES string of the molecule is Cc1ccnc(NC(C)C(C)CO)c1. The number of aryl methyl sites for hydroxylation is 1. The number of hydrogen-bond acceptors (Lipinski definition) is 3. The third-order valence-electron chi connectivity index (χ3n) is 2.43. The van der Waals surface area contributed by atoms with E-state index >= 15 is 0 Å². The first-order valence-corrected chi connectivity index (χ1v) is 4.93. The van der Waals surface area contributed by atoms with Gasteiger partial charge in [0.1, 0.15) is 5.82 Å². The minimum atomic E-state index is 0.194. The van der Waals surface area contributed by atoms with Crippen molar-refractivity contribution in [2.45, 2.75) is 26.8 Å². The van der Waals surface area contributed by atoms with Gasteiger partial charge in [0.25, 0.3) is 0 Å². The van der Waals surface area contributed by atoms with Gasteiger partial charge in [0.2, 0.25) is 0 Å². The van der Waals surface area contributed by atoms with E-state index in [9.17, 15) is 0 Å². The Labute approximate surface area is 85.2 Å². The lowest BCUT2D eigenvalue weighted by Crippen LogP contribution is -2.26. The van der Waals surface area contributed by atoms with Gasteiger partial charge >= 0.3 is 0 Å². The van der Waals surface area contributed by atoms with E-state index in [0.29, 0.717) is 0 Å². The van der Waals surface area contributed by atoms with Crippen LogP contribution in [0.25, 0.3) is 0 Å². The molecule has 3 heteroatoms. The Morgan fingerprint density at radius 1 is 1.50 bits per heavy atom. The lowest BCUT2D eigenvalue weighted by Gasteiger charge is -2.19. The van der Waals surface area contributed by atoms with Crippen molar-refractivity contribution in [2.75, 3.05) is 11.9 Å². The fourth-order valence-corrected chi connectivity index (χ4v) is 1.15. The van der Waals surface area contributed by atoms with Gasteiger partial charge in [-0.05, 0) is 37.5 Å². The Bertz CT molecular complexity index is 288. The van der Waals surface area contributed by atoms with E-state index in [1.165, 1.54) is 5.56 Å². The van der Waals surface area contributed by atoms with Gasteiger partial charge in [0, 0.05) is 18.8 Å². The highest BCUT2D eigenvalue weighted by Gasteiger charge is 2.10. The molecule has 0 amide bonds. The van der Waals surface area contributed by atoms with Crippen LogP contribution in [0.3, 0.4) is 0 Å². The normalized spacial score (nSPS) is 14.9. The van der Waals surface area contributed by atoms with Crippen LogP contribution in [0.1, 0.15) is 19.4 Å². The fourth-order valence-electron chi connectivity index (χ4n) is 1.15. The van der Waals surface area contributed by atoms with E-state index in [4.69, 9.17) is 5.11 Å². The van der Waals surface area contributed by atoms with Crippen LogP contribution in [0.5, 0.6) is 0 Å². The van der Waals surface area contributed by atoms with Crippen molar-refractivity contribution in [1.29, 1.82) is 0 Å². The zero-order valence-corrected chi connectivity index (χ0v) is 8.99. The molecule has 0 aliphatic heterocycles. The molecule has 0 spiro atoms. The van der Waals surface area contributed by atoms with Crippen LogP contribution in [-0.4, -0.2) is 22.7 Å². The van der Waals surface area contributed by atoms with Crippen LogP contribution in [0.4, 0.5) is 5.82 Å². The molecule has 2 atom stereocenters. The molecular formula is C11H18N2O. The molecule has 0 fully saturated rings. The van der Waals surface area contributed by atoms with E-state index in [-0.39, 0.29) is 18.6 Å². The zero-order chi connectivity index (χ0) is 10.6. The summed E-state index contributed by atoms with van der Waals surface area (Å²) in [5.41, 5.74) is 1.19. The van der Waals surface area contributed by atoms with Crippen molar-refractivity contribution < 1.29 is 5.11 Å². The Morgan fingerprint density at radius 2 is 2.21 bits per heavy atom. The summed E-state index contributed by atoms with van der Waals surface area (Å²) in [5.74, 6) is 1.11. The van der Waals surface area contributed by atoms with Gasteiger partial charge in [-0.1, -0.05) is 6.92 Å². The maximum atomic E-state index is 8.98. The fraction of sp³-hybridized carbons (Fsp3) is 0.545. The number of aliphatic hydroxyl groups is 1. The molecule has 1 aromatic heterocycles. The molecule has 0 radical (unpaired) electrons. The van der Waals surface area contributed by atoms with E-state index < -0.39 is 0 Å². The van der Waals surface area contributed by atoms with E-state index in [1.54, 1.807) is 6.20 Å². The standard InChI is InChI=1S/C11H18N2O/c1-8-4-5-12-11(6-8)13-10(3)9(2)7-14/h4-6,9-10,14H,7H2,1-3H3,(H,12,13). The van der Waals surface area contributed by atoms with Gasteiger partial charge in [-0.15, -0.1) is 0 Å². The minimum Gasteiger partial charge on any atom is -0.396 e. The summed E-state index contributed by atoms with van der Waals surface area (Å²) in [4.78, 5) is 4.20. The second kappa shape index (κ2) is 4.96. The van der Waals surface area contributed by atoms with Crippen LogP contribution >= 0.6 is 0 Å². The van der Waals surface area contributed by atoms with Crippen molar-refractivity contribution in [2.24, 2.45) is 5.92 Å². The Hall–Kier alpha value is -1.09. The molecule has 1 aromatic rings. The average Bonchev–Trinajstić information content (AvgIpc) is 2.16. The molecule has 2 N–H and O–H groups in total. The Kier molecular flexibility index (Phi) is 3.89. The zero-order valence-electron chi connectivity index (χ0n) is 8.99. The molecule has 2 unspecified atom stereocenters. The highest BCUT2D eigenvalue weighted by Crippen LogP contribution is 2.10. The smallest absolute Gasteiger partial charge is 0.126 e. The highest BCUT2D eigenvalue weighted by atomic mass is 16.3. The first-order chi connectivity index (χ1) is 6.63. The first-order valence-electron chi connectivity index (χ1n) is 4.93. The highest BCUT2D eigenvalue weighted by molar-refractivity contribution is 5.37. The topological polar surface area (TPSA) is 45.2 Å². The molecule has 0 saturated heterocycles. The minimum absolute atomic E-state index is 0.194. The molecule has 0 aliphatic carbocycles. The second-order valence-electron chi connectivity index (χ2n) is 3.81. The van der Waals surface area contributed by atoms with E-state index in [2.05, 4.69) is 10.3 Å². The summed E-state index contributed by atoms with van der Waals surface area (Å²) >= 11 is 0. The number of aromatic nitrogens is 1. The molecule has 3 nitrogen and oxygen atoms in total. The molecular weight excluding hydrogens is 176 g/mol. The maximum absolute atomic E-state index is 8.98. The van der Waals surface area contributed by atoms with Gasteiger partial charge in [-0.25, -0.2) is 4.98 Å². The summed E-state index contributed by atoms with van der Waals surface area (Å²) < 4.78 is 0. The van der Waals surface area contributed by atoms with Crippen molar-refractivity contribution in [3.8, 4) is 0 Å². The van der Waals surface area contributed by atoms with E-state index in [0.717, 1.165) is 5.82 Å². The number of hydrogen-bond donors (Lipinski definition) is 2. The van der Waals surface area contributed by atoms with Crippen molar-refractivity contribution in [3.05, 3.63) is 23.9 Å². The summed E-state index contributed by atoms with van der Waals surface area (Å²) in [5, 5.41) is 12.2. The van der Waals surface area contributed by atoms with Crippen LogP contribution < -0.4 is 5.32 Å². The number of anilines is 1. The maximum Gasteiger partial charge on any atom is 0.126 e. The third-order valence-corrected chi connectivity index (χ3v) is 2.43. The monoisotopic (exact) mass is 194 g/mol. The van der Waals surface area contributed by atoms with Gasteiger partial charge in [0.05, 0.1) is 0 Å². The molecule has 78 valence electrons. The molecule has 14 heavy (non-hydrogen) atoms. The predicted octanol–water partition coefficient (Wildman–Crippen LogP) is 1.82. The average molecular weight is 194 g/mol. The molecule has 1 heterocycles. The van der Waals surface area contributed by atoms with Gasteiger partial charge in [0.15, 0.2) is 0 Å². The number of pyridine rings is 1. The van der Waals surface area contributed by atoms with Crippen LogP contribution in [0, 0.1) is 12.8 Å². The lowest BCUT2D eigenvalue weighted by atomic mass is 10.1. The number of nitrogens with zero attached hydrogens (tertiary/aromatic N) is 1. The van der Waals surface area contributed by atoms with Crippen LogP contribution in [0.15, 0.2) is 18.3 Å². The second-order valence-corrected chi connectivity index (χ2v) is 3.81.